The Labute approximate surface area is 109 Å². The maximum absolute atomic E-state index is 11.9. The van der Waals surface area contributed by atoms with Crippen molar-refractivity contribution in [3.05, 3.63) is 0 Å². The van der Waals surface area contributed by atoms with E-state index in [0.717, 1.165) is 0 Å². The molecule has 1 aliphatic carbocycles. The molecule has 19 heavy (non-hydrogen) atoms. The number of carboxylic acids is 1. The lowest BCUT2D eigenvalue weighted by atomic mass is 10.0. The zero-order valence-corrected chi connectivity index (χ0v) is 10.5. The molecular formula is C11H16N4O4. The van der Waals surface area contributed by atoms with Crippen molar-refractivity contribution in [3.8, 4) is 6.01 Å². The van der Waals surface area contributed by atoms with E-state index < -0.39 is 11.9 Å². The molecule has 1 amide bonds. The lowest BCUT2D eigenvalue weighted by Crippen LogP contribution is -2.22. The first-order chi connectivity index (χ1) is 9.10. The van der Waals surface area contributed by atoms with Crippen LogP contribution in [0.3, 0.4) is 0 Å². The van der Waals surface area contributed by atoms with E-state index in [0.29, 0.717) is 25.9 Å². The number of aromatic amines is 1. The summed E-state index contributed by atoms with van der Waals surface area (Å²) in [6.45, 7) is 2.24. The van der Waals surface area contributed by atoms with Crippen LogP contribution in [0.1, 0.15) is 26.2 Å². The van der Waals surface area contributed by atoms with Crippen molar-refractivity contribution in [3.63, 3.8) is 0 Å². The number of hydrogen-bond acceptors (Lipinski definition) is 5. The maximum atomic E-state index is 11.9. The normalized spacial score (nSPS) is 22.2. The van der Waals surface area contributed by atoms with Crippen LogP contribution < -0.4 is 10.1 Å². The molecule has 0 aliphatic heterocycles. The summed E-state index contributed by atoms with van der Waals surface area (Å²) in [7, 11) is 0. The van der Waals surface area contributed by atoms with Gasteiger partial charge in [-0.15, -0.1) is 5.10 Å². The van der Waals surface area contributed by atoms with Crippen LogP contribution in [-0.2, 0) is 9.59 Å². The molecule has 0 radical (unpaired) electrons. The third kappa shape index (κ3) is 3.21. The minimum atomic E-state index is -0.839. The summed E-state index contributed by atoms with van der Waals surface area (Å²) in [6.07, 6.45) is 1.48. The van der Waals surface area contributed by atoms with Gasteiger partial charge in [-0.1, -0.05) is 0 Å². The Kier molecular flexibility index (Phi) is 3.98. The van der Waals surface area contributed by atoms with Gasteiger partial charge in [0.2, 0.25) is 11.9 Å². The second-order valence-electron chi connectivity index (χ2n) is 4.43. The predicted molar refractivity (Wildman–Crippen MR) is 64.6 cm³/mol. The van der Waals surface area contributed by atoms with Crippen LogP contribution in [0.5, 0.6) is 6.01 Å². The molecule has 2 rings (SSSR count). The van der Waals surface area contributed by atoms with Crippen molar-refractivity contribution >= 4 is 17.8 Å². The minimum Gasteiger partial charge on any atom is -0.481 e. The van der Waals surface area contributed by atoms with Gasteiger partial charge < -0.3 is 9.84 Å². The SMILES string of the molecule is CCOc1n[nH]c(NC(=O)C2CCC(C(=O)O)C2)n1. The summed E-state index contributed by atoms with van der Waals surface area (Å²) in [6, 6.07) is 0.174. The van der Waals surface area contributed by atoms with E-state index in [1.54, 1.807) is 6.92 Å². The Balaban J connectivity index is 1.88. The number of hydrogen-bond donors (Lipinski definition) is 3. The van der Waals surface area contributed by atoms with Crippen LogP contribution in [0, 0.1) is 11.8 Å². The average Bonchev–Trinajstić information content (AvgIpc) is 2.98. The van der Waals surface area contributed by atoms with Crippen LogP contribution in [0.15, 0.2) is 0 Å². The number of nitrogens with zero attached hydrogens (tertiary/aromatic N) is 2. The third-order valence-corrected chi connectivity index (χ3v) is 3.13. The molecule has 0 bridgehead atoms. The molecule has 3 N–H and O–H groups in total. The molecular weight excluding hydrogens is 252 g/mol. The zero-order valence-electron chi connectivity index (χ0n) is 10.5. The number of carboxylic acid groups (broad SMARTS) is 1. The van der Waals surface area contributed by atoms with Gasteiger partial charge in [-0.05, 0) is 26.2 Å². The number of aliphatic carboxylic acids is 1. The van der Waals surface area contributed by atoms with Gasteiger partial charge in [-0.2, -0.15) is 4.98 Å². The third-order valence-electron chi connectivity index (χ3n) is 3.13. The highest BCUT2D eigenvalue weighted by atomic mass is 16.5. The highest BCUT2D eigenvalue weighted by molar-refractivity contribution is 5.91. The smallest absolute Gasteiger partial charge is 0.337 e. The zero-order chi connectivity index (χ0) is 13.8. The average molecular weight is 268 g/mol. The first kappa shape index (κ1) is 13.3. The van der Waals surface area contributed by atoms with E-state index in [4.69, 9.17) is 9.84 Å². The summed E-state index contributed by atoms with van der Waals surface area (Å²) >= 11 is 0. The second-order valence-corrected chi connectivity index (χ2v) is 4.43. The number of anilines is 1. The second kappa shape index (κ2) is 5.68. The number of carbonyl (C=O) groups is 2. The Morgan fingerprint density at radius 3 is 2.84 bits per heavy atom. The first-order valence-electron chi connectivity index (χ1n) is 6.19. The van der Waals surface area contributed by atoms with Crippen LogP contribution in [0.2, 0.25) is 0 Å². The van der Waals surface area contributed by atoms with Crippen LogP contribution >= 0.6 is 0 Å². The van der Waals surface area contributed by atoms with E-state index in [-0.39, 0.29) is 23.8 Å². The lowest BCUT2D eigenvalue weighted by molar-refractivity contribution is -0.141. The number of carbonyl (C=O) groups excluding carboxylic acids is 1. The molecule has 0 aromatic carbocycles. The van der Waals surface area contributed by atoms with Gasteiger partial charge in [-0.3, -0.25) is 14.9 Å². The fourth-order valence-corrected chi connectivity index (χ4v) is 2.16. The quantitative estimate of drug-likeness (QED) is 0.721. The Bertz CT molecular complexity index is 473. The van der Waals surface area contributed by atoms with E-state index in [1.807, 2.05) is 0 Å². The highest BCUT2D eigenvalue weighted by Crippen LogP contribution is 2.31. The summed E-state index contributed by atoms with van der Waals surface area (Å²) < 4.78 is 5.06. The molecule has 1 aliphatic rings. The van der Waals surface area contributed by atoms with Gasteiger partial charge >= 0.3 is 12.0 Å². The van der Waals surface area contributed by atoms with E-state index in [1.165, 1.54) is 0 Å². The van der Waals surface area contributed by atoms with Gasteiger partial charge in [0, 0.05) is 5.92 Å². The summed E-state index contributed by atoms with van der Waals surface area (Å²) in [5, 5.41) is 17.8. The molecule has 2 unspecified atom stereocenters. The fourth-order valence-electron chi connectivity index (χ4n) is 2.16. The minimum absolute atomic E-state index is 0.174. The topological polar surface area (TPSA) is 117 Å². The summed E-state index contributed by atoms with van der Waals surface area (Å²) in [5.74, 6) is -1.57. The van der Waals surface area contributed by atoms with E-state index in [9.17, 15) is 9.59 Å². The molecule has 8 heteroatoms. The molecule has 1 heterocycles. The number of aromatic nitrogens is 3. The summed E-state index contributed by atoms with van der Waals surface area (Å²) in [5.41, 5.74) is 0. The number of rotatable bonds is 5. The molecule has 1 fully saturated rings. The molecule has 1 saturated carbocycles. The fraction of sp³-hybridized carbons (Fsp3) is 0.636. The largest absolute Gasteiger partial charge is 0.481 e. The molecule has 2 atom stereocenters. The maximum Gasteiger partial charge on any atom is 0.337 e. The number of ether oxygens (including phenoxy) is 1. The van der Waals surface area contributed by atoms with Gasteiger partial charge in [0.25, 0.3) is 0 Å². The van der Waals surface area contributed by atoms with Crippen molar-refractivity contribution in [1.82, 2.24) is 15.2 Å². The molecule has 8 nitrogen and oxygen atoms in total. The van der Waals surface area contributed by atoms with Gasteiger partial charge in [-0.25, -0.2) is 5.10 Å². The first-order valence-corrected chi connectivity index (χ1v) is 6.19. The molecule has 0 saturated heterocycles. The predicted octanol–water partition coefficient (Wildman–Crippen LogP) is 0.643. The Morgan fingerprint density at radius 1 is 1.47 bits per heavy atom. The van der Waals surface area contributed by atoms with Crippen molar-refractivity contribution in [2.24, 2.45) is 11.8 Å². The van der Waals surface area contributed by atoms with Crippen molar-refractivity contribution in [1.29, 1.82) is 0 Å². The molecule has 1 aromatic heterocycles. The highest BCUT2D eigenvalue weighted by Gasteiger charge is 2.34. The lowest BCUT2D eigenvalue weighted by Gasteiger charge is -2.08. The standard InChI is InChI=1S/C11H16N4O4/c1-2-19-11-13-10(14-15-11)12-8(16)6-3-4-7(5-6)9(17)18/h6-7H,2-5H2,1H3,(H,17,18)(H2,12,13,14,15,16). The Morgan fingerprint density at radius 2 is 2.21 bits per heavy atom. The Hall–Kier alpha value is -2.12. The van der Waals surface area contributed by atoms with Crippen molar-refractivity contribution in [2.75, 3.05) is 11.9 Å². The number of amides is 1. The van der Waals surface area contributed by atoms with E-state index in [2.05, 4.69) is 20.5 Å². The van der Waals surface area contributed by atoms with E-state index >= 15 is 0 Å². The molecule has 1 aromatic rings. The van der Waals surface area contributed by atoms with Crippen LogP contribution in [0.4, 0.5) is 5.95 Å². The van der Waals surface area contributed by atoms with Crippen LogP contribution in [-0.4, -0.2) is 38.8 Å². The van der Waals surface area contributed by atoms with Gasteiger partial charge in [0.15, 0.2) is 0 Å². The molecule has 0 spiro atoms. The number of H-pyrrole nitrogens is 1. The van der Waals surface area contributed by atoms with Crippen molar-refractivity contribution in [2.45, 2.75) is 26.2 Å². The van der Waals surface area contributed by atoms with Gasteiger partial charge in [0.1, 0.15) is 0 Å². The summed E-state index contributed by atoms with van der Waals surface area (Å²) in [4.78, 5) is 26.7. The van der Waals surface area contributed by atoms with Crippen molar-refractivity contribution < 1.29 is 19.4 Å². The van der Waals surface area contributed by atoms with Crippen LogP contribution in [0.25, 0.3) is 0 Å². The number of nitrogens with one attached hydrogen (secondary N) is 2. The monoisotopic (exact) mass is 268 g/mol. The van der Waals surface area contributed by atoms with Gasteiger partial charge in [0.05, 0.1) is 12.5 Å². The molecule has 104 valence electrons.